The van der Waals surface area contributed by atoms with Gasteiger partial charge in [0.2, 0.25) is 5.13 Å². The molecule has 100 valence electrons. The molecule has 0 fully saturated rings. The van der Waals surface area contributed by atoms with E-state index in [0.717, 1.165) is 10.6 Å². The van der Waals surface area contributed by atoms with E-state index in [-0.39, 0.29) is 11.8 Å². The first-order valence-electron chi connectivity index (χ1n) is 5.76. The van der Waals surface area contributed by atoms with Crippen molar-refractivity contribution in [3.8, 4) is 5.75 Å². The zero-order valence-corrected chi connectivity index (χ0v) is 11.2. The first-order valence-corrected chi connectivity index (χ1v) is 6.58. The van der Waals surface area contributed by atoms with Crippen LogP contribution in [0.25, 0.3) is 0 Å². The second-order valence-corrected chi connectivity index (χ2v) is 5.11. The Labute approximate surface area is 114 Å². The van der Waals surface area contributed by atoms with E-state index in [1.807, 2.05) is 13.0 Å². The van der Waals surface area contributed by atoms with Crippen molar-refractivity contribution in [1.82, 2.24) is 15.5 Å². The number of carbonyl (C=O) groups is 1. The first kappa shape index (κ1) is 13.3. The largest absolute Gasteiger partial charge is 0.508 e. The van der Waals surface area contributed by atoms with E-state index in [9.17, 15) is 9.90 Å². The van der Waals surface area contributed by atoms with Gasteiger partial charge in [-0.15, -0.1) is 10.2 Å². The Hall–Kier alpha value is -2.15. The number of phenols is 1. The van der Waals surface area contributed by atoms with E-state index in [2.05, 4.69) is 20.8 Å². The van der Waals surface area contributed by atoms with Crippen LogP contribution in [0.5, 0.6) is 5.75 Å². The highest BCUT2D eigenvalue weighted by Gasteiger charge is 2.05. The maximum absolute atomic E-state index is 11.5. The van der Waals surface area contributed by atoms with Crippen LogP contribution in [0.3, 0.4) is 0 Å². The van der Waals surface area contributed by atoms with E-state index in [1.165, 1.54) is 11.3 Å². The zero-order valence-electron chi connectivity index (χ0n) is 10.4. The quantitative estimate of drug-likeness (QED) is 0.797. The Morgan fingerprint density at radius 2 is 2.26 bits per heavy atom. The molecule has 0 atom stereocenters. The summed E-state index contributed by atoms with van der Waals surface area (Å²) in [6, 6.07) is 6.65. The number of carbonyl (C=O) groups excluding carboxylic acids is 1. The molecule has 1 aromatic heterocycles. The number of aryl methyl sites for hydroxylation is 1. The van der Waals surface area contributed by atoms with Gasteiger partial charge in [0.25, 0.3) is 0 Å². The van der Waals surface area contributed by atoms with Crippen molar-refractivity contribution in [1.29, 1.82) is 0 Å². The van der Waals surface area contributed by atoms with Crippen molar-refractivity contribution < 1.29 is 9.90 Å². The highest BCUT2D eigenvalue weighted by molar-refractivity contribution is 7.15. The molecule has 1 aromatic carbocycles. The van der Waals surface area contributed by atoms with Gasteiger partial charge in [-0.25, -0.2) is 4.79 Å². The summed E-state index contributed by atoms with van der Waals surface area (Å²) in [6.07, 6.45) is 0.650. The third-order valence-corrected chi connectivity index (χ3v) is 3.11. The normalized spacial score (nSPS) is 10.2. The molecule has 0 saturated carbocycles. The van der Waals surface area contributed by atoms with Gasteiger partial charge in [0.05, 0.1) is 0 Å². The Morgan fingerprint density at radius 1 is 1.42 bits per heavy atom. The van der Waals surface area contributed by atoms with Crippen LogP contribution in [0.4, 0.5) is 9.93 Å². The Bertz CT molecular complexity index is 570. The predicted octanol–water partition coefficient (Wildman–Crippen LogP) is 1.92. The molecular formula is C12H14N4O2S. The smallest absolute Gasteiger partial charge is 0.321 e. The Kier molecular flexibility index (Phi) is 4.30. The molecule has 0 spiro atoms. The number of benzene rings is 1. The number of hydrogen-bond acceptors (Lipinski definition) is 5. The van der Waals surface area contributed by atoms with Gasteiger partial charge in [0.15, 0.2) is 0 Å². The average molecular weight is 278 g/mol. The first-order chi connectivity index (χ1) is 9.13. The summed E-state index contributed by atoms with van der Waals surface area (Å²) in [5.74, 6) is 0.228. The van der Waals surface area contributed by atoms with E-state index >= 15 is 0 Å². The van der Waals surface area contributed by atoms with E-state index in [0.29, 0.717) is 18.1 Å². The maximum Gasteiger partial charge on any atom is 0.321 e. The van der Waals surface area contributed by atoms with Gasteiger partial charge >= 0.3 is 6.03 Å². The Balaban J connectivity index is 1.75. The minimum absolute atomic E-state index is 0.228. The van der Waals surface area contributed by atoms with Crippen LogP contribution in [-0.2, 0) is 6.42 Å². The molecule has 2 amide bonds. The highest BCUT2D eigenvalue weighted by atomic mass is 32.1. The van der Waals surface area contributed by atoms with Crippen LogP contribution < -0.4 is 10.6 Å². The highest BCUT2D eigenvalue weighted by Crippen LogP contribution is 2.13. The second kappa shape index (κ2) is 6.14. The third-order valence-electron chi connectivity index (χ3n) is 2.36. The summed E-state index contributed by atoms with van der Waals surface area (Å²) in [4.78, 5) is 11.5. The summed E-state index contributed by atoms with van der Waals surface area (Å²) in [5, 5.41) is 23.5. The SMILES string of the molecule is Cc1nnc(NC(=O)NCCc2cccc(O)c2)s1. The lowest BCUT2D eigenvalue weighted by molar-refractivity contribution is 0.252. The molecule has 2 rings (SSSR count). The summed E-state index contributed by atoms with van der Waals surface area (Å²) in [5.41, 5.74) is 0.965. The van der Waals surface area contributed by atoms with Crippen molar-refractivity contribution in [2.24, 2.45) is 0 Å². The number of amides is 2. The molecular weight excluding hydrogens is 264 g/mol. The number of hydrogen-bond donors (Lipinski definition) is 3. The van der Waals surface area contributed by atoms with Crippen LogP contribution in [0, 0.1) is 6.92 Å². The van der Waals surface area contributed by atoms with Crippen molar-refractivity contribution >= 4 is 22.5 Å². The predicted molar refractivity (Wildman–Crippen MR) is 73.5 cm³/mol. The fraction of sp³-hybridized carbons (Fsp3) is 0.250. The topological polar surface area (TPSA) is 87.1 Å². The molecule has 2 aromatic rings. The molecule has 0 saturated heterocycles. The Morgan fingerprint density at radius 3 is 2.95 bits per heavy atom. The molecule has 19 heavy (non-hydrogen) atoms. The van der Waals surface area contributed by atoms with Crippen molar-refractivity contribution in [2.75, 3.05) is 11.9 Å². The van der Waals surface area contributed by atoms with Crippen LogP contribution in [0.2, 0.25) is 0 Å². The van der Waals surface area contributed by atoms with E-state index < -0.39 is 0 Å². The van der Waals surface area contributed by atoms with Gasteiger partial charge < -0.3 is 10.4 Å². The van der Waals surface area contributed by atoms with E-state index in [1.54, 1.807) is 18.2 Å². The van der Waals surface area contributed by atoms with Crippen LogP contribution in [-0.4, -0.2) is 27.9 Å². The van der Waals surface area contributed by atoms with Crippen LogP contribution in [0.15, 0.2) is 24.3 Å². The summed E-state index contributed by atoms with van der Waals surface area (Å²) in [6.45, 7) is 2.30. The lowest BCUT2D eigenvalue weighted by Gasteiger charge is -2.05. The molecule has 0 radical (unpaired) electrons. The van der Waals surface area contributed by atoms with Crippen molar-refractivity contribution in [3.05, 3.63) is 34.8 Å². The summed E-state index contributed by atoms with van der Waals surface area (Å²) < 4.78 is 0. The molecule has 0 aliphatic heterocycles. The molecule has 1 heterocycles. The average Bonchev–Trinajstić information content (AvgIpc) is 2.75. The molecule has 0 aliphatic rings. The van der Waals surface area contributed by atoms with Gasteiger partial charge in [-0.05, 0) is 31.0 Å². The minimum Gasteiger partial charge on any atom is -0.508 e. The fourth-order valence-corrected chi connectivity index (χ4v) is 2.11. The third kappa shape index (κ3) is 4.22. The minimum atomic E-state index is -0.309. The number of urea groups is 1. The number of nitrogens with zero attached hydrogens (tertiary/aromatic N) is 2. The molecule has 6 nitrogen and oxygen atoms in total. The molecule has 3 N–H and O–H groups in total. The number of aromatic nitrogens is 2. The number of phenolic OH excluding ortho intramolecular Hbond substituents is 1. The number of aromatic hydroxyl groups is 1. The lowest BCUT2D eigenvalue weighted by atomic mass is 10.1. The van der Waals surface area contributed by atoms with Crippen LogP contribution in [0.1, 0.15) is 10.6 Å². The monoisotopic (exact) mass is 278 g/mol. The van der Waals surface area contributed by atoms with Gasteiger partial charge in [-0.3, -0.25) is 5.32 Å². The van der Waals surface area contributed by atoms with Gasteiger partial charge in [-0.1, -0.05) is 23.5 Å². The van der Waals surface area contributed by atoms with Gasteiger partial charge in [0.1, 0.15) is 10.8 Å². The lowest BCUT2D eigenvalue weighted by Crippen LogP contribution is -2.30. The molecule has 7 heteroatoms. The summed E-state index contributed by atoms with van der Waals surface area (Å²) in [7, 11) is 0. The standard InChI is InChI=1S/C12H14N4O2S/c1-8-15-16-12(19-8)14-11(18)13-6-5-9-3-2-4-10(17)7-9/h2-4,7,17H,5-6H2,1H3,(H2,13,14,16,18). The number of anilines is 1. The maximum atomic E-state index is 11.5. The van der Waals surface area contributed by atoms with Crippen molar-refractivity contribution in [2.45, 2.75) is 13.3 Å². The van der Waals surface area contributed by atoms with Crippen LogP contribution >= 0.6 is 11.3 Å². The molecule has 0 bridgehead atoms. The molecule has 0 aliphatic carbocycles. The second-order valence-electron chi connectivity index (χ2n) is 3.93. The number of rotatable bonds is 4. The van der Waals surface area contributed by atoms with E-state index in [4.69, 9.17) is 0 Å². The van der Waals surface area contributed by atoms with Gasteiger partial charge in [0, 0.05) is 6.54 Å². The van der Waals surface area contributed by atoms with Crippen molar-refractivity contribution in [3.63, 3.8) is 0 Å². The molecule has 0 unspecified atom stereocenters. The van der Waals surface area contributed by atoms with Gasteiger partial charge in [-0.2, -0.15) is 0 Å². The summed E-state index contributed by atoms with van der Waals surface area (Å²) >= 11 is 1.32. The zero-order chi connectivity index (χ0) is 13.7. The number of nitrogens with one attached hydrogen (secondary N) is 2. The fourth-order valence-electron chi connectivity index (χ4n) is 1.52.